The fraction of sp³-hybridized carbons (Fsp3) is 0.714. The summed E-state index contributed by atoms with van der Waals surface area (Å²) in [5, 5.41) is 15.3. The lowest BCUT2D eigenvalue weighted by molar-refractivity contribution is -0.536. The van der Waals surface area contributed by atoms with Crippen LogP contribution in [-0.2, 0) is 9.47 Å². The molecule has 1 aromatic rings. The zero-order valence-corrected chi connectivity index (χ0v) is 13.9. The quantitative estimate of drug-likeness (QED) is 0.582. The van der Waals surface area contributed by atoms with Crippen molar-refractivity contribution < 1.29 is 18.9 Å². The van der Waals surface area contributed by atoms with Gasteiger partial charge >= 0.3 is 0 Å². The predicted octanol–water partition coefficient (Wildman–Crippen LogP) is 0.987. The number of fused-ring (bicyclic) bond motifs is 1. The van der Waals surface area contributed by atoms with Gasteiger partial charge in [0.15, 0.2) is 5.82 Å². The van der Waals surface area contributed by atoms with E-state index < -0.39 is 18.0 Å². The van der Waals surface area contributed by atoms with Crippen molar-refractivity contribution >= 4 is 11.8 Å². The van der Waals surface area contributed by atoms with Gasteiger partial charge in [-0.05, 0) is 6.92 Å². The third-order valence-corrected chi connectivity index (χ3v) is 4.64. The molecule has 10 heteroatoms. The van der Waals surface area contributed by atoms with Crippen LogP contribution in [0.3, 0.4) is 0 Å². The van der Waals surface area contributed by atoms with E-state index in [2.05, 4.69) is 20.1 Å². The Morgan fingerprint density at radius 3 is 2.46 bits per heavy atom. The number of rotatable bonds is 2. The Kier molecular flexibility index (Phi) is 4.20. The second-order valence-corrected chi connectivity index (χ2v) is 5.99. The molecular formula is C14H19N5O5. The fourth-order valence-corrected chi connectivity index (χ4v) is 3.46. The molecule has 1 saturated carbocycles. The normalized spacial score (nSPS) is 32.4. The highest BCUT2D eigenvalue weighted by Crippen LogP contribution is 2.42. The van der Waals surface area contributed by atoms with Crippen molar-refractivity contribution in [2.75, 3.05) is 14.2 Å². The van der Waals surface area contributed by atoms with Gasteiger partial charge in [-0.1, -0.05) is 12.1 Å². The third kappa shape index (κ3) is 2.61. The molecule has 0 saturated heterocycles. The highest BCUT2D eigenvalue weighted by molar-refractivity contribution is 6.35. The van der Waals surface area contributed by atoms with Gasteiger partial charge in [-0.3, -0.25) is 10.1 Å². The van der Waals surface area contributed by atoms with Crippen LogP contribution in [0.4, 0.5) is 0 Å². The molecule has 24 heavy (non-hydrogen) atoms. The molecule has 2 heterocycles. The second kappa shape index (κ2) is 6.17. The van der Waals surface area contributed by atoms with Gasteiger partial charge in [0.05, 0.1) is 32.2 Å². The van der Waals surface area contributed by atoms with Crippen LogP contribution in [-0.4, -0.2) is 59.2 Å². The van der Waals surface area contributed by atoms with Gasteiger partial charge in [-0.15, -0.1) is 0 Å². The van der Waals surface area contributed by atoms with E-state index in [1.165, 1.54) is 14.2 Å². The summed E-state index contributed by atoms with van der Waals surface area (Å²) < 4.78 is 15.7. The predicted molar refractivity (Wildman–Crippen MR) is 82.8 cm³/mol. The molecule has 1 fully saturated rings. The standard InChI is InChI=1S/C14H19N5O5/c1-6-9(19(20)21)5-8-11(10(6)12-15-7(2)18-24-12)17-14(23-4)13(16-8)22-3/h6,8-11H,5H2,1-4H3. The van der Waals surface area contributed by atoms with Crippen LogP contribution in [0.2, 0.25) is 0 Å². The first-order chi connectivity index (χ1) is 11.5. The zero-order valence-electron chi connectivity index (χ0n) is 13.9. The first-order valence-electron chi connectivity index (χ1n) is 7.64. The first-order valence-corrected chi connectivity index (χ1v) is 7.64. The van der Waals surface area contributed by atoms with Crippen molar-refractivity contribution in [3.63, 3.8) is 0 Å². The lowest BCUT2D eigenvalue weighted by atomic mass is 9.71. The molecule has 1 aliphatic heterocycles. The number of nitro groups is 1. The largest absolute Gasteiger partial charge is 0.477 e. The van der Waals surface area contributed by atoms with Crippen molar-refractivity contribution in [2.45, 2.75) is 44.3 Å². The van der Waals surface area contributed by atoms with Crippen LogP contribution in [0, 0.1) is 23.0 Å². The first kappa shape index (κ1) is 16.3. The van der Waals surface area contributed by atoms with Gasteiger partial charge in [0.1, 0.15) is 0 Å². The Morgan fingerprint density at radius 2 is 1.92 bits per heavy atom. The molecule has 10 nitrogen and oxygen atoms in total. The molecule has 3 rings (SSSR count). The average molecular weight is 337 g/mol. The topological polar surface area (TPSA) is 125 Å². The maximum Gasteiger partial charge on any atom is 0.273 e. The molecule has 130 valence electrons. The van der Waals surface area contributed by atoms with Gasteiger partial charge in [0.25, 0.3) is 11.8 Å². The van der Waals surface area contributed by atoms with Gasteiger partial charge in [0, 0.05) is 17.3 Å². The number of aromatic nitrogens is 2. The summed E-state index contributed by atoms with van der Waals surface area (Å²) in [6.07, 6.45) is 0.274. The fourth-order valence-electron chi connectivity index (χ4n) is 3.46. The van der Waals surface area contributed by atoms with Crippen molar-refractivity contribution in [1.82, 2.24) is 10.1 Å². The molecule has 0 spiro atoms. The van der Waals surface area contributed by atoms with E-state index in [1.54, 1.807) is 6.92 Å². The maximum absolute atomic E-state index is 11.5. The molecule has 0 aromatic carbocycles. The number of ether oxygens (including phenoxy) is 2. The van der Waals surface area contributed by atoms with Crippen LogP contribution >= 0.6 is 0 Å². The van der Waals surface area contributed by atoms with Gasteiger partial charge in [-0.25, -0.2) is 9.98 Å². The SMILES string of the molecule is COC1=NC2CC([N+](=O)[O-])C(C)C(c3nc(C)no3)C2N=C1OC. The second-order valence-electron chi connectivity index (χ2n) is 5.99. The van der Waals surface area contributed by atoms with E-state index >= 15 is 0 Å². The molecule has 0 amide bonds. The number of aliphatic imine (C=N–C) groups is 2. The van der Waals surface area contributed by atoms with Crippen LogP contribution < -0.4 is 0 Å². The van der Waals surface area contributed by atoms with Gasteiger partial charge in [-0.2, -0.15) is 4.98 Å². The lowest BCUT2D eigenvalue weighted by Crippen LogP contribution is -2.51. The lowest BCUT2D eigenvalue weighted by Gasteiger charge is -2.39. The molecule has 2 aliphatic rings. The van der Waals surface area contributed by atoms with Crippen molar-refractivity contribution in [3.05, 3.63) is 21.8 Å². The molecule has 0 bridgehead atoms. The van der Waals surface area contributed by atoms with E-state index in [1.807, 2.05) is 6.92 Å². The van der Waals surface area contributed by atoms with Crippen LogP contribution in [0.15, 0.2) is 14.5 Å². The van der Waals surface area contributed by atoms with Crippen molar-refractivity contribution in [3.8, 4) is 0 Å². The minimum Gasteiger partial charge on any atom is -0.477 e. The third-order valence-electron chi connectivity index (χ3n) is 4.64. The monoisotopic (exact) mass is 337 g/mol. The Hall–Kier alpha value is -2.52. The van der Waals surface area contributed by atoms with Crippen LogP contribution in [0.1, 0.15) is 31.0 Å². The van der Waals surface area contributed by atoms with Crippen LogP contribution in [0.5, 0.6) is 0 Å². The summed E-state index contributed by atoms with van der Waals surface area (Å²) in [6.45, 7) is 3.51. The Bertz CT molecular complexity index is 699. The summed E-state index contributed by atoms with van der Waals surface area (Å²) in [5.41, 5.74) is 0. The van der Waals surface area contributed by atoms with Gasteiger partial charge in [0.2, 0.25) is 11.9 Å². The van der Waals surface area contributed by atoms with E-state index in [4.69, 9.17) is 14.0 Å². The number of methoxy groups -OCH3 is 2. The molecule has 5 unspecified atom stereocenters. The number of nitrogens with zero attached hydrogens (tertiary/aromatic N) is 5. The zero-order chi connectivity index (χ0) is 17.4. The summed E-state index contributed by atoms with van der Waals surface area (Å²) >= 11 is 0. The molecule has 0 N–H and O–H groups in total. The summed E-state index contributed by atoms with van der Waals surface area (Å²) in [5.74, 6) is 0.596. The molecular weight excluding hydrogens is 318 g/mol. The molecule has 1 aliphatic carbocycles. The van der Waals surface area contributed by atoms with Crippen molar-refractivity contribution in [2.24, 2.45) is 15.9 Å². The van der Waals surface area contributed by atoms with Crippen molar-refractivity contribution in [1.29, 1.82) is 0 Å². The van der Waals surface area contributed by atoms with Gasteiger partial charge < -0.3 is 14.0 Å². The Labute approximate surface area is 138 Å². The summed E-state index contributed by atoms with van der Waals surface area (Å²) in [7, 11) is 2.94. The van der Waals surface area contributed by atoms with E-state index in [-0.39, 0.29) is 35.1 Å². The minimum atomic E-state index is -0.774. The number of hydrogen-bond acceptors (Lipinski definition) is 9. The number of aryl methyl sites for hydroxylation is 1. The highest BCUT2D eigenvalue weighted by Gasteiger charge is 2.52. The minimum absolute atomic E-state index is 0.246. The highest BCUT2D eigenvalue weighted by atomic mass is 16.6. The smallest absolute Gasteiger partial charge is 0.273 e. The molecule has 1 aromatic heterocycles. The number of hydrogen-bond donors (Lipinski definition) is 0. The molecule has 5 atom stereocenters. The van der Waals surface area contributed by atoms with E-state index in [0.717, 1.165) is 0 Å². The summed E-state index contributed by atoms with van der Waals surface area (Å²) in [6, 6.07) is -1.54. The Morgan fingerprint density at radius 1 is 1.25 bits per heavy atom. The van der Waals surface area contributed by atoms with E-state index in [9.17, 15) is 10.1 Å². The van der Waals surface area contributed by atoms with E-state index in [0.29, 0.717) is 11.7 Å². The average Bonchev–Trinajstić information content (AvgIpc) is 2.98. The van der Waals surface area contributed by atoms with Crippen LogP contribution in [0.25, 0.3) is 0 Å². The maximum atomic E-state index is 11.5. The summed E-state index contributed by atoms with van der Waals surface area (Å²) in [4.78, 5) is 24.5. The molecule has 0 radical (unpaired) electrons. The Balaban J connectivity index is 2.05.